The van der Waals surface area contributed by atoms with Gasteiger partial charge in [-0.15, -0.1) is 0 Å². The predicted octanol–water partition coefficient (Wildman–Crippen LogP) is 2.96. The number of hydrogen-bond donors (Lipinski definition) is 0. The lowest BCUT2D eigenvalue weighted by Gasteiger charge is -2.27. The zero-order chi connectivity index (χ0) is 13.2. The van der Waals surface area contributed by atoms with Crippen LogP contribution in [0.4, 0.5) is 0 Å². The summed E-state index contributed by atoms with van der Waals surface area (Å²) in [5.41, 5.74) is 2.39. The van der Waals surface area contributed by atoms with Gasteiger partial charge < -0.3 is 9.47 Å². The predicted molar refractivity (Wildman–Crippen MR) is 77.1 cm³/mol. The Balaban J connectivity index is 1.80. The Bertz CT molecular complexity index is 594. The molecule has 1 fully saturated rings. The molecule has 0 radical (unpaired) electrons. The third kappa shape index (κ3) is 2.50. The largest absolute Gasteiger partial charge is 0.341 e. The molecule has 1 saturated heterocycles. The van der Waals surface area contributed by atoms with Crippen LogP contribution in [0.3, 0.4) is 0 Å². The molecule has 1 aliphatic rings. The maximum absolute atomic E-state index is 12.3. The highest BCUT2D eigenvalue weighted by molar-refractivity contribution is 5.83. The number of rotatable bonds is 2. The number of hydrogen-bond acceptors (Lipinski definition) is 1. The third-order valence-corrected chi connectivity index (χ3v) is 3.94. The Labute approximate surface area is 113 Å². The molecule has 1 aromatic heterocycles. The van der Waals surface area contributed by atoms with Crippen molar-refractivity contribution in [3.05, 3.63) is 36.0 Å². The molecule has 3 rings (SSSR count). The van der Waals surface area contributed by atoms with Crippen molar-refractivity contribution < 1.29 is 4.79 Å². The lowest BCUT2D eigenvalue weighted by molar-refractivity contribution is -0.132. The fourth-order valence-electron chi connectivity index (χ4n) is 2.82. The van der Waals surface area contributed by atoms with E-state index in [1.807, 2.05) is 11.1 Å². The fraction of sp³-hybridized carbons (Fsp3) is 0.438. The number of piperidine rings is 1. The quantitative estimate of drug-likeness (QED) is 0.811. The molecule has 0 bridgehead atoms. The van der Waals surface area contributed by atoms with Crippen LogP contribution in [0.2, 0.25) is 0 Å². The molecule has 0 spiro atoms. The highest BCUT2D eigenvalue weighted by atomic mass is 16.2. The number of carbonyl (C=O) groups excluding carboxylic acids is 1. The van der Waals surface area contributed by atoms with Crippen molar-refractivity contribution in [1.29, 1.82) is 0 Å². The van der Waals surface area contributed by atoms with Crippen molar-refractivity contribution in [1.82, 2.24) is 9.47 Å². The van der Waals surface area contributed by atoms with Gasteiger partial charge in [-0.3, -0.25) is 4.79 Å². The van der Waals surface area contributed by atoms with Gasteiger partial charge in [0.15, 0.2) is 0 Å². The van der Waals surface area contributed by atoms with E-state index in [1.165, 1.54) is 17.4 Å². The van der Waals surface area contributed by atoms with Crippen LogP contribution < -0.4 is 0 Å². The number of aryl methyl sites for hydroxylation is 1. The van der Waals surface area contributed by atoms with E-state index in [0.717, 1.165) is 31.4 Å². The molecule has 100 valence electrons. The molecule has 0 saturated carbocycles. The zero-order valence-corrected chi connectivity index (χ0v) is 11.4. The second-order valence-electron chi connectivity index (χ2n) is 5.45. The molecular weight excluding hydrogens is 236 g/mol. The Morgan fingerprint density at radius 3 is 2.74 bits per heavy atom. The van der Waals surface area contributed by atoms with Gasteiger partial charge >= 0.3 is 0 Å². The van der Waals surface area contributed by atoms with Gasteiger partial charge in [0.05, 0.1) is 0 Å². The van der Waals surface area contributed by atoms with Gasteiger partial charge in [-0.25, -0.2) is 0 Å². The lowest BCUT2D eigenvalue weighted by atomic mass is 10.1. The van der Waals surface area contributed by atoms with Crippen LogP contribution in [0.5, 0.6) is 0 Å². The number of benzene rings is 1. The second-order valence-corrected chi connectivity index (χ2v) is 5.45. The van der Waals surface area contributed by atoms with Crippen LogP contribution in [-0.2, 0) is 11.3 Å². The number of aromatic nitrogens is 1. The molecule has 0 atom stereocenters. The molecule has 19 heavy (non-hydrogen) atoms. The van der Waals surface area contributed by atoms with Crippen LogP contribution in [0.1, 0.15) is 24.8 Å². The zero-order valence-electron chi connectivity index (χ0n) is 11.4. The van der Waals surface area contributed by atoms with E-state index in [0.29, 0.717) is 6.54 Å². The van der Waals surface area contributed by atoms with Gasteiger partial charge in [0, 0.05) is 24.8 Å². The standard InChI is InChI=1S/C16H20N2O/c1-13-5-6-14-7-10-18(15(14)11-13)12-16(19)17-8-3-2-4-9-17/h5-7,10-11H,2-4,8-9,12H2,1H3. The number of carbonyl (C=O) groups is 1. The second kappa shape index (κ2) is 5.08. The topological polar surface area (TPSA) is 25.2 Å². The van der Waals surface area contributed by atoms with Crippen molar-refractivity contribution in [3.63, 3.8) is 0 Å². The number of nitrogens with zero attached hydrogens (tertiary/aromatic N) is 2. The third-order valence-electron chi connectivity index (χ3n) is 3.94. The Kier molecular flexibility index (Phi) is 3.28. The van der Waals surface area contributed by atoms with Crippen molar-refractivity contribution >= 4 is 16.8 Å². The van der Waals surface area contributed by atoms with Gasteiger partial charge in [-0.05, 0) is 49.3 Å². The smallest absolute Gasteiger partial charge is 0.242 e. The molecule has 2 aromatic rings. The van der Waals surface area contributed by atoms with Gasteiger partial charge in [-0.2, -0.15) is 0 Å². The highest BCUT2D eigenvalue weighted by Gasteiger charge is 2.17. The lowest BCUT2D eigenvalue weighted by Crippen LogP contribution is -2.37. The minimum atomic E-state index is 0.249. The first kappa shape index (κ1) is 12.3. The maximum Gasteiger partial charge on any atom is 0.242 e. The molecule has 3 heteroatoms. The van der Waals surface area contributed by atoms with Crippen LogP contribution in [-0.4, -0.2) is 28.5 Å². The van der Waals surface area contributed by atoms with Crippen molar-refractivity contribution in [3.8, 4) is 0 Å². The van der Waals surface area contributed by atoms with E-state index in [-0.39, 0.29) is 5.91 Å². The normalized spacial score (nSPS) is 15.9. The molecule has 1 aromatic carbocycles. The Morgan fingerprint density at radius 2 is 1.95 bits per heavy atom. The molecule has 0 unspecified atom stereocenters. The van der Waals surface area contributed by atoms with Crippen molar-refractivity contribution in [2.45, 2.75) is 32.7 Å². The van der Waals surface area contributed by atoms with E-state index >= 15 is 0 Å². The molecule has 3 nitrogen and oxygen atoms in total. The number of likely N-dealkylation sites (tertiary alicyclic amines) is 1. The number of amides is 1. The average Bonchev–Trinajstić information content (AvgIpc) is 2.82. The Morgan fingerprint density at radius 1 is 1.16 bits per heavy atom. The van der Waals surface area contributed by atoms with Crippen LogP contribution >= 0.6 is 0 Å². The van der Waals surface area contributed by atoms with Crippen molar-refractivity contribution in [2.24, 2.45) is 0 Å². The monoisotopic (exact) mass is 256 g/mol. The summed E-state index contributed by atoms with van der Waals surface area (Å²) < 4.78 is 2.07. The van der Waals surface area contributed by atoms with E-state index in [4.69, 9.17) is 0 Å². The van der Waals surface area contributed by atoms with Gasteiger partial charge in [0.2, 0.25) is 5.91 Å². The van der Waals surface area contributed by atoms with Crippen LogP contribution in [0, 0.1) is 6.92 Å². The van der Waals surface area contributed by atoms with E-state index in [1.54, 1.807) is 0 Å². The number of fused-ring (bicyclic) bond motifs is 1. The van der Waals surface area contributed by atoms with Gasteiger partial charge in [-0.1, -0.05) is 12.1 Å². The minimum absolute atomic E-state index is 0.249. The average molecular weight is 256 g/mol. The van der Waals surface area contributed by atoms with Crippen molar-refractivity contribution in [2.75, 3.05) is 13.1 Å². The van der Waals surface area contributed by atoms with Crippen LogP contribution in [0.15, 0.2) is 30.5 Å². The SMILES string of the molecule is Cc1ccc2ccn(CC(=O)N3CCCCC3)c2c1. The summed E-state index contributed by atoms with van der Waals surface area (Å²) in [7, 11) is 0. The Hall–Kier alpha value is -1.77. The molecule has 0 aliphatic carbocycles. The summed E-state index contributed by atoms with van der Waals surface area (Å²) in [6, 6.07) is 8.46. The van der Waals surface area contributed by atoms with E-state index < -0.39 is 0 Å². The maximum atomic E-state index is 12.3. The molecule has 1 amide bonds. The summed E-state index contributed by atoms with van der Waals surface area (Å²) in [5, 5.41) is 1.21. The van der Waals surface area contributed by atoms with E-state index in [2.05, 4.69) is 35.8 Å². The fourth-order valence-corrected chi connectivity index (χ4v) is 2.82. The van der Waals surface area contributed by atoms with E-state index in [9.17, 15) is 4.79 Å². The molecular formula is C16H20N2O. The first-order valence-electron chi connectivity index (χ1n) is 7.07. The van der Waals surface area contributed by atoms with Gasteiger partial charge in [0.25, 0.3) is 0 Å². The molecule has 2 heterocycles. The molecule has 1 aliphatic heterocycles. The summed E-state index contributed by atoms with van der Waals surface area (Å²) in [6.45, 7) is 4.41. The summed E-state index contributed by atoms with van der Waals surface area (Å²) in [4.78, 5) is 14.3. The summed E-state index contributed by atoms with van der Waals surface area (Å²) in [5.74, 6) is 0.249. The van der Waals surface area contributed by atoms with Gasteiger partial charge in [0.1, 0.15) is 6.54 Å². The van der Waals surface area contributed by atoms with Crippen LogP contribution in [0.25, 0.3) is 10.9 Å². The minimum Gasteiger partial charge on any atom is -0.341 e. The summed E-state index contributed by atoms with van der Waals surface area (Å²) in [6.07, 6.45) is 5.58. The first-order chi connectivity index (χ1) is 9.24. The molecule has 0 N–H and O–H groups in total. The summed E-state index contributed by atoms with van der Waals surface area (Å²) >= 11 is 0. The highest BCUT2D eigenvalue weighted by Crippen LogP contribution is 2.18. The first-order valence-corrected chi connectivity index (χ1v) is 7.07.